The van der Waals surface area contributed by atoms with Crippen LogP contribution in [0.4, 0.5) is 5.69 Å². The zero-order valence-corrected chi connectivity index (χ0v) is 17.0. The highest BCUT2D eigenvalue weighted by Gasteiger charge is 2.17. The molecule has 0 saturated heterocycles. The molecular formula is C23H39N. The molecule has 1 nitrogen and oxygen atoms in total. The summed E-state index contributed by atoms with van der Waals surface area (Å²) in [5.41, 5.74) is 5.66. The Labute approximate surface area is 151 Å². The van der Waals surface area contributed by atoms with Crippen LogP contribution in [-0.4, -0.2) is 7.05 Å². The molecule has 0 atom stereocenters. The molecule has 0 heterocycles. The van der Waals surface area contributed by atoms with E-state index in [1.807, 2.05) is 27.7 Å². The third-order valence-corrected chi connectivity index (χ3v) is 4.25. The van der Waals surface area contributed by atoms with Crippen molar-refractivity contribution in [3.8, 4) is 0 Å². The predicted molar refractivity (Wildman–Crippen MR) is 112 cm³/mol. The second kappa shape index (κ2) is 13.9. The van der Waals surface area contributed by atoms with Crippen LogP contribution in [0.1, 0.15) is 79.6 Å². The van der Waals surface area contributed by atoms with Crippen molar-refractivity contribution < 1.29 is 0 Å². The third-order valence-electron chi connectivity index (χ3n) is 4.25. The Morgan fingerprint density at radius 3 is 2.12 bits per heavy atom. The summed E-state index contributed by atoms with van der Waals surface area (Å²) in [7, 11) is 2.20. The second-order valence-electron chi connectivity index (χ2n) is 5.73. The molecule has 1 aromatic carbocycles. The summed E-state index contributed by atoms with van der Waals surface area (Å²) in [4.78, 5) is 2.38. The third kappa shape index (κ3) is 6.95. The van der Waals surface area contributed by atoms with Gasteiger partial charge in [-0.3, -0.25) is 0 Å². The van der Waals surface area contributed by atoms with Crippen molar-refractivity contribution in [2.45, 2.75) is 79.6 Å². The van der Waals surface area contributed by atoms with Gasteiger partial charge in [-0.15, -0.1) is 0 Å². The second-order valence-corrected chi connectivity index (χ2v) is 5.73. The molecule has 0 aromatic heterocycles. The molecule has 1 heteroatoms. The van der Waals surface area contributed by atoms with Crippen LogP contribution in [0.25, 0.3) is 0 Å². The van der Waals surface area contributed by atoms with E-state index < -0.39 is 0 Å². The van der Waals surface area contributed by atoms with Gasteiger partial charge < -0.3 is 4.90 Å². The van der Waals surface area contributed by atoms with E-state index in [1.165, 1.54) is 61.1 Å². The molecule has 0 aliphatic heterocycles. The van der Waals surface area contributed by atoms with Crippen molar-refractivity contribution in [2.24, 2.45) is 0 Å². The van der Waals surface area contributed by atoms with Gasteiger partial charge in [0.25, 0.3) is 0 Å². The molecule has 24 heavy (non-hydrogen) atoms. The molecule has 0 bridgehead atoms. The number of unbranched alkanes of at least 4 members (excludes halogenated alkanes) is 1. The maximum Gasteiger partial charge on any atom is 0.0405 e. The Morgan fingerprint density at radius 2 is 1.58 bits per heavy atom. The summed E-state index contributed by atoms with van der Waals surface area (Å²) in [6, 6.07) is 10.7. The van der Waals surface area contributed by atoms with Crippen LogP contribution >= 0.6 is 0 Å². The van der Waals surface area contributed by atoms with Gasteiger partial charge in [-0.25, -0.2) is 0 Å². The molecular weight excluding hydrogens is 290 g/mol. The van der Waals surface area contributed by atoms with Crippen molar-refractivity contribution in [3.05, 3.63) is 53.8 Å². The lowest BCUT2D eigenvalue weighted by Crippen LogP contribution is -2.20. The summed E-state index contributed by atoms with van der Waals surface area (Å²) >= 11 is 0. The van der Waals surface area contributed by atoms with E-state index in [9.17, 15) is 0 Å². The number of nitrogens with zero attached hydrogens (tertiary/aromatic N) is 1. The number of anilines is 1. The first kappa shape index (κ1) is 22.5. The molecule has 0 spiro atoms. The summed E-state index contributed by atoms with van der Waals surface area (Å²) in [6.45, 7) is 14.6. The maximum atomic E-state index is 4.32. The minimum Gasteiger partial charge on any atom is -0.348 e. The van der Waals surface area contributed by atoms with Crippen LogP contribution in [0.3, 0.4) is 0 Å². The lowest BCUT2D eigenvalue weighted by molar-refractivity contribution is 0.659. The van der Waals surface area contributed by atoms with Crippen molar-refractivity contribution in [2.75, 3.05) is 11.9 Å². The van der Waals surface area contributed by atoms with Gasteiger partial charge in [0.2, 0.25) is 0 Å². The summed E-state index contributed by atoms with van der Waals surface area (Å²) in [6.07, 6.45) is 8.65. The van der Waals surface area contributed by atoms with E-state index in [2.05, 4.69) is 55.8 Å². The van der Waals surface area contributed by atoms with Gasteiger partial charge in [-0.2, -0.15) is 0 Å². The molecule has 1 fully saturated rings. The molecule has 0 N–H and O–H groups in total. The van der Waals surface area contributed by atoms with Crippen LogP contribution in [-0.2, 0) is 0 Å². The lowest BCUT2D eigenvalue weighted by Gasteiger charge is -2.29. The maximum absolute atomic E-state index is 4.32. The minimum atomic E-state index is 1.16. The molecule has 2 rings (SSSR count). The summed E-state index contributed by atoms with van der Waals surface area (Å²) < 4.78 is 0. The summed E-state index contributed by atoms with van der Waals surface area (Å²) in [5.74, 6) is 0. The van der Waals surface area contributed by atoms with Crippen LogP contribution in [0.5, 0.6) is 0 Å². The first-order valence-corrected chi connectivity index (χ1v) is 9.93. The molecule has 0 amide bonds. The Hall–Kier alpha value is -1.50. The van der Waals surface area contributed by atoms with Crippen LogP contribution in [0.2, 0.25) is 0 Å². The smallest absolute Gasteiger partial charge is 0.0405 e. The number of para-hydroxylation sites is 1. The van der Waals surface area contributed by atoms with E-state index in [-0.39, 0.29) is 0 Å². The molecule has 1 aromatic rings. The normalized spacial score (nSPS) is 15.5. The van der Waals surface area contributed by atoms with Crippen molar-refractivity contribution in [1.29, 1.82) is 0 Å². The van der Waals surface area contributed by atoms with Gasteiger partial charge in [-0.05, 0) is 56.2 Å². The topological polar surface area (TPSA) is 3.24 Å². The molecule has 1 aliphatic rings. The van der Waals surface area contributed by atoms with E-state index >= 15 is 0 Å². The zero-order valence-electron chi connectivity index (χ0n) is 17.0. The van der Waals surface area contributed by atoms with Crippen molar-refractivity contribution >= 4 is 5.69 Å². The first-order valence-electron chi connectivity index (χ1n) is 9.93. The summed E-state index contributed by atoms with van der Waals surface area (Å²) in [5, 5.41) is 0. The number of allylic oxidation sites excluding steroid dienone is 3. The number of hydrogen-bond acceptors (Lipinski definition) is 1. The van der Waals surface area contributed by atoms with Gasteiger partial charge in [-0.1, -0.05) is 71.4 Å². The largest absolute Gasteiger partial charge is 0.348 e. The van der Waals surface area contributed by atoms with Gasteiger partial charge >= 0.3 is 0 Å². The highest BCUT2D eigenvalue weighted by atomic mass is 15.1. The molecule has 0 unspecified atom stereocenters. The van der Waals surface area contributed by atoms with Crippen LogP contribution in [0.15, 0.2) is 53.8 Å². The van der Waals surface area contributed by atoms with E-state index in [4.69, 9.17) is 0 Å². The van der Waals surface area contributed by atoms with E-state index in [0.717, 1.165) is 6.42 Å². The first-order chi connectivity index (χ1) is 11.7. The standard InChI is InChI=1S/C19H27N.2C2H6/c1-4-5-15-19(18-14-10-9-11-16(18)2)20(3)17-12-7-6-8-13-17;2*1-2/h6-8,12-13H,2,4-5,9-11,14-15H2,1,3H3;2*1-2H3/b19-18-;;. The Bertz CT molecular complexity index is 470. The van der Waals surface area contributed by atoms with Crippen molar-refractivity contribution in [3.63, 3.8) is 0 Å². The molecule has 136 valence electrons. The molecule has 1 aliphatic carbocycles. The van der Waals surface area contributed by atoms with Gasteiger partial charge in [0.1, 0.15) is 0 Å². The number of hydrogen-bond donors (Lipinski definition) is 0. The van der Waals surface area contributed by atoms with Crippen LogP contribution < -0.4 is 4.90 Å². The Morgan fingerprint density at radius 1 is 1.00 bits per heavy atom. The van der Waals surface area contributed by atoms with Gasteiger partial charge in [0.05, 0.1) is 0 Å². The Kier molecular flexibility index (Phi) is 13.0. The highest BCUT2D eigenvalue weighted by molar-refractivity contribution is 5.54. The number of rotatable bonds is 5. The molecule has 0 radical (unpaired) electrons. The van der Waals surface area contributed by atoms with E-state index in [1.54, 1.807) is 0 Å². The van der Waals surface area contributed by atoms with Crippen molar-refractivity contribution in [1.82, 2.24) is 0 Å². The SMILES string of the molecule is C=C1CCCC/C1=C(\CCCC)N(C)c1ccccc1.CC.CC. The lowest BCUT2D eigenvalue weighted by atomic mass is 9.87. The van der Waals surface area contributed by atoms with Gasteiger partial charge in [0, 0.05) is 18.4 Å². The minimum absolute atomic E-state index is 1.16. The monoisotopic (exact) mass is 329 g/mol. The molecule has 1 saturated carbocycles. The van der Waals surface area contributed by atoms with Gasteiger partial charge in [0.15, 0.2) is 0 Å². The fourth-order valence-corrected chi connectivity index (χ4v) is 2.99. The average molecular weight is 330 g/mol. The highest BCUT2D eigenvalue weighted by Crippen LogP contribution is 2.34. The zero-order chi connectivity index (χ0) is 18.4. The predicted octanol–water partition coefficient (Wildman–Crippen LogP) is 7.75. The van der Waals surface area contributed by atoms with E-state index in [0.29, 0.717) is 0 Å². The fraction of sp³-hybridized carbons (Fsp3) is 0.565. The number of benzene rings is 1. The average Bonchev–Trinajstić information content (AvgIpc) is 2.67. The quantitative estimate of drug-likeness (QED) is 0.533. The van der Waals surface area contributed by atoms with Crippen LogP contribution in [0, 0.1) is 0 Å². The fourth-order valence-electron chi connectivity index (χ4n) is 2.99. The Balaban J connectivity index is 0.00000123.